The van der Waals surface area contributed by atoms with Crippen LogP contribution in [0.3, 0.4) is 0 Å². The third kappa shape index (κ3) is 8.96. The minimum Gasteiger partial charge on any atom is -0.474 e. The first-order valence-corrected chi connectivity index (χ1v) is 21.6. The number of hydrogen-bond acceptors (Lipinski definition) is 12. The van der Waals surface area contributed by atoms with E-state index >= 15 is 0 Å². The predicted octanol–water partition coefficient (Wildman–Crippen LogP) is 3.66. The average Bonchev–Trinajstić information content (AvgIpc) is 4.11. The molecule has 4 saturated heterocycles. The summed E-state index contributed by atoms with van der Waals surface area (Å²) in [5.74, 6) is 1.54. The summed E-state index contributed by atoms with van der Waals surface area (Å²) in [6, 6.07) is 4.81. The number of carbonyl (C=O) groups is 2. The van der Waals surface area contributed by atoms with Crippen molar-refractivity contribution in [3.63, 3.8) is 0 Å². The lowest BCUT2D eigenvalue weighted by atomic mass is 10.0. The normalized spacial score (nSPS) is 21.3. The van der Waals surface area contributed by atoms with Gasteiger partial charge in [0.15, 0.2) is 0 Å². The smallest absolute Gasteiger partial charge is 0.225 e. The zero-order valence-corrected chi connectivity index (χ0v) is 35.6. The maximum atomic E-state index is 11.6. The summed E-state index contributed by atoms with van der Waals surface area (Å²) in [7, 11) is 5.95. The minimum absolute atomic E-state index is 0.0778. The summed E-state index contributed by atoms with van der Waals surface area (Å²) in [5.41, 5.74) is 5.18. The quantitative estimate of drug-likeness (QED) is 0.182. The number of fused-ring (bicyclic) bond motifs is 2. The molecule has 10 rings (SSSR count). The Bertz CT molecular complexity index is 2510. The van der Waals surface area contributed by atoms with Gasteiger partial charge in [0.25, 0.3) is 0 Å². The topological polar surface area (TPSA) is 189 Å². The maximum absolute atomic E-state index is 11.6. The van der Waals surface area contributed by atoms with E-state index in [2.05, 4.69) is 70.0 Å². The number of piperidine rings is 2. The van der Waals surface area contributed by atoms with Gasteiger partial charge in [-0.25, -0.2) is 9.97 Å². The molecule has 10 heterocycles. The molecular formula is C43H56N14O4. The first-order chi connectivity index (χ1) is 29.5. The number of aromatic nitrogens is 10. The molecule has 4 fully saturated rings. The van der Waals surface area contributed by atoms with Crippen molar-refractivity contribution in [1.29, 1.82) is 0 Å². The van der Waals surface area contributed by atoms with Gasteiger partial charge in [0.05, 0.1) is 57.7 Å². The molecule has 0 bridgehead atoms. The summed E-state index contributed by atoms with van der Waals surface area (Å²) in [6.45, 7) is 9.49. The monoisotopic (exact) mass is 832 g/mol. The molecule has 4 atom stereocenters. The van der Waals surface area contributed by atoms with Crippen molar-refractivity contribution in [2.75, 3.05) is 46.3 Å². The lowest BCUT2D eigenvalue weighted by Gasteiger charge is -2.28. The van der Waals surface area contributed by atoms with Gasteiger partial charge in [-0.15, -0.1) is 0 Å². The van der Waals surface area contributed by atoms with Gasteiger partial charge in [-0.2, -0.15) is 20.4 Å². The van der Waals surface area contributed by atoms with E-state index in [-0.39, 0.29) is 35.9 Å². The highest BCUT2D eigenvalue weighted by Crippen LogP contribution is 2.33. The number of pyridine rings is 2. The molecule has 0 unspecified atom stereocenters. The molecule has 2 amide bonds. The lowest BCUT2D eigenvalue weighted by molar-refractivity contribution is -0.120. The number of hydrogen-bond donors (Lipinski definition) is 3. The van der Waals surface area contributed by atoms with E-state index in [4.69, 9.17) is 19.4 Å². The Morgan fingerprint density at radius 2 is 1.11 bits per heavy atom. The zero-order chi connectivity index (χ0) is 42.2. The largest absolute Gasteiger partial charge is 0.474 e. The van der Waals surface area contributed by atoms with Crippen LogP contribution in [0, 0.1) is 11.8 Å². The van der Waals surface area contributed by atoms with Crippen molar-refractivity contribution in [2.45, 2.75) is 76.7 Å². The molecule has 0 saturated carbocycles. The molecular weight excluding hydrogens is 777 g/mol. The molecule has 322 valence electrons. The number of rotatable bonds is 10. The summed E-state index contributed by atoms with van der Waals surface area (Å²) >= 11 is 0. The molecule has 0 aromatic carbocycles. The first-order valence-electron chi connectivity index (χ1n) is 21.6. The predicted molar refractivity (Wildman–Crippen MR) is 229 cm³/mol. The van der Waals surface area contributed by atoms with E-state index < -0.39 is 0 Å². The number of nitrogens with one attached hydrogen (secondary N) is 3. The molecule has 0 radical (unpaired) electrons. The average molecular weight is 833 g/mol. The molecule has 4 aliphatic rings. The van der Waals surface area contributed by atoms with Gasteiger partial charge in [0.1, 0.15) is 12.2 Å². The van der Waals surface area contributed by atoms with Crippen LogP contribution in [-0.4, -0.2) is 124 Å². The third-order valence-electron chi connectivity index (χ3n) is 12.6. The highest BCUT2D eigenvalue weighted by atomic mass is 16.5. The van der Waals surface area contributed by atoms with Crippen LogP contribution in [0.1, 0.15) is 64.5 Å². The number of ether oxygens (including phenoxy) is 2. The van der Waals surface area contributed by atoms with Crippen LogP contribution in [0.5, 0.6) is 11.8 Å². The standard InChI is InChI=1S/C22H29N7O2.C21H27N7O2/c1-14(15-8-21(30)23-10-15)31-22-18-13-28(3)26-20(18)9-19(25-22)16-11-24-29(12-16)17-4-6-27(2)7-5-17;1-13(14-7-20(29)23-9-14)30-21-17-12-27(2)26-19(17)8-18(25-21)15-10-24-28(11-15)16-3-5-22-6-4-16/h9,11-15,17H,4-8,10H2,1-3H3,(H,23,30);8,10-14,16,22H,3-7,9H2,1-2H3,(H,23,29)/t14-,15-;13-,14-/m11/s1. The maximum Gasteiger partial charge on any atom is 0.225 e. The van der Waals surface area contributed by atoms with Gasteiger partial charge in [-0.05, 0) is 84.9 Å². The summed E-state index contributed by atoms with van der Waals surface area (Å²) < 4.78 is 20.2. The minimum atomic E-state index is -0.132. The second kappa shape index (κ2) is 17.2. The fourth-order valence-corrected chi connectivity index (χ4v) is 8.83. The van der Waals surface area contributed by atoms with Crippen LogP contribution >= 0.6 is 0 Å². The molecule has 3 N–H and O–H groups in total. The Balaban J connectivity index is 0.000000156. The van der Waals surface area contributed by atoms with Crippen molar-refractivity contribution < 1.29 is 19.1 Å². The van der Waals surface area contributed by atoms with E-state index in [9.17, 15) is 9.59 Å². The van der Waals surface area contributed by atoms with Crippen LogP contribution < -0.4 is 25.4 Å². The fraction of sp³-hybridized carbons (Fsp3) is 0.535. The molecule has 6 aromatic rings. The van der Waals surface area contributed by atoms with Crippen molar-refractivity contribution in [3.8, 4) is 34.3 Å². The lowest BCUT2D eigenvalue weighted by Crippen LogP contribution is -2.31. The molecule has 18 heteroatoms. The van der Waals surface area contributed by atoms with E-state index in [0.29, 0.717) is 49.8 Å². The molecule has 4 aliphatic heterocycles. The zero-order valence-electron chi connectivity index (χ0n) is 35.6. The molecule has 0 spiro atoms. The van der Waals surface area contributed by atoms with Gasteiger partial charge in [-0.1, -0.05) is 0 Å². The first kappa shape index (κ1) is 40.5. The molecule has 61 heavy (non-hydrogen) atoms. The Hall–Kier alpha value is -5.88. The molecule has 6 aromatic heterocycles. The van der Waals surface area contributed by atoms with Gasteiger partial charge in [0, 0.05) is 87.8 Å². The van der Waals surface area contributed by atoms with Crippen LogP contribution in [0.4, 0.5) is 0 Å². The summed E-state index contributed by atoms with van der Waals surface area (Å²) in [6.07, 6.45) is 16.8. The Kier molecular flexibility index (Phi) is 11.5. The van der Waals surface area contributed by atoms with Gasteiger partial charge >= 0.3 is 0 Å². The fourth-order valence-electron chi connectivity index (χ4n) is 8.83. The highest BCUT2D eigenvalue weighted by Gasteiger charge is 2.31. The molecule has 0 aliphatic carbocycles. The van der Waals surface area contributed by atoms with Crippen molar-refractivity contribution in [3.05, 3.63) is 49.3 Å². The van der Waals surface area contributed by atoms with Crippen LogP contribution in [0.15, 0.2) is 49.3 Å². The summed E-state index contributed by atoms with van der Waals surface area (Å²) in [4.78, 5) is 35.2. The van der Waals surface area contributed by atoms with Gasteiger partial charge in [0.2, 0.25) is 23.6 Å². The van der Waals surface area contributed by atoms with E-state index in [1.807, 2.05) is 64.9 Å². The van der Waals surface area contributed by atoms with Crippen molar-refractivity contribution in [2.24, 2.45) is 25.9 Å². The highest BCUT2D eigenvalue weighted by molar-refractivity contribution is 5.87. The number of carbonyl (C=O) groups excluding carboxylic acids is 2. The third-order valence-corrected chi connectivity index (χ3v) is 12.6. The summed E-state index contributed by atoms with van der Waals surface area (Å²) in [5, 5.41) is 29.3. The second-order valence-corrected chi connectivity index (χ2v) is 17.2. The number of nitrogens with zero attached hydrogens (tertiary/aromatic N) is 11. The number of amides is 2. The van der Waals surface area contributed by atoms with E-state index in [1.54, 1.807) is 9.36 Å². The van der Waals surface area contributed by atoms with Crippen molar-refractivity contribution >= 4 is 33.6 Å². The van der Waals surface area contributed by atoms with Crippen LogP contribution in [-0.2, 0) is 23.7 Å². The second-order valence-electron chi connectivity index (χ2n) is 17.2. The number of likely N-dealkylation sites (tertiary alicyclic amines) is 1. The van der Waals surface area contributed by atoms with Gasteiger partial charge in [-0.3, -0.25) is 28.3 Å². The van der Waals surface area contributed by atoms with Crippen LogP contribution in [0.25, 0.3) is 44.3 Å². The SMILES string of the molecule is C[C@@H](Oc1nc(-c2cnn(C3CCN(C)CC3)c2)cc2nn(C)cc12)[C@H]1CNC(=O)C1.C[C@@H](Oc1nc(-c2cnn(C3CCNCC3)c2)cc2nn(C)cc12)[C@H]1CNC(=O)C1. The Morgan fingerprint density at radius 3 is 1.56 bits per heavy atom. The number of aryl methyl sites for hydroxylation is 2. The van der Waals surface area contributed by atoms with Crippen LogP contribution in [0.2, 0.25) is 0 Å². The van der Waals surface area contributed by atoms with E-state index in [0.717, 1.165) is 96.2 Å². The Morgan fingerprint density at radius 1 is 0.656 bits per heavy atom. The molecule has 18 nitrogen and oxygen atoms in total. The van der Waals surface area contributed by atoms with Gasteiger partial charge < -0.3 is 30.3 Å². The van der Waals surface area contributed by atoms with E-state index in [1.165, 1.54) is 0 Å². The van der Waals surface area contributed by atoms with Crippen molar-refractivity contribution in [1.82, 2.24) is 69.9 Å². The Labute approximate surface area is 354 Å².